The fourth-order valence-corrected chi connectivity index (χ4v) is 1.98. The van der Waals surface area contributed by atoms with E-state index in [0.29, 0.717) is 24.7 Å². The molecule has 0 bridgehead atoms. The van der Waals surface area contributed by atoms with Gasteiger partial charge in [0.2, 0.25) is 0 Å². The third kappa shape index (κ3) is 8.52. The first-order valence-electron chi connectivity index (χ1n) is 8.52. The van der Waals surface area contributed by atoms with E-state index in [2.05, 4.69) is 34.8 Å². The van der Waals surface area contributed by atoms with E-state index in [4.69, 9.17) is 0 Å². The zero-order valence-corrected chi connectivity index (χ0v) is 17.5. The molecule has 1 aromatic rings. The molecule has 0 aliphatic carbocycles. The molecule has 0 radical (unpaired) electrons. The van der Waals surface area contributed by atoms with Crippen molar-refractivity contribution in [2.45, 2.75) is 53.1 Å². The molecule has 0 spiro atoms. The Balaban J connectivity index is 0.00000529. The molecule has 0 aliphatic heterocycles. The van der Waals surface area contributed by atoms with E-state index < -0.39 is 0 Å². The van der Waals surface area contributed by atoms with E-state index >= 15 is 0 Å². The van der Waals surface area contributed by atoms with Crippen LogP contribution < -0.4 is 16.0 Å². The molecular formula is C18H31IN4O. The summed E-state index contributed by atoms with van der Waals surface area (Å²) in [7, 11) is 0. The molecule has 6 heteroatoms. The van der Waals surface area contributed by atoms with Crippen LogP contribution in [0.25, 0.3) is 0 Å². The molecule has 0 saturated carbocycles. The van der Waals surface area contributed by atoms with Gasteiger partial charge in [0.15, 0.2) is 5.96 Å². The number of carbonyl (C=O) groups excluding carboxylic acids is 1. The first kappa shape index (κ1) is 22.7. The Hall–Kier alpha value is -1.31. The van der Waals surface area contributed by atoms with Gasteiger partial charge in [-0.05, 0) is 44.4 Å². The number of nitrogens with zero attached hydrogens (tertiary/aromatic N) is 1. The smallest absolute Gasteiger partial charge is 0.251 e. The van der Waals surface area contributed by atoms with Crippen molar-refractivity contribution in [1.82, 2.24) is 16.0 Å². The van der Waals surface area contributed by atoms with E-state index in [0.717, 1.165) is 30.9 Å². The van der Waals surface area contributed by atoms with Gasteiger partial charge in [0.25, 0.3) is 5.91 Å². The van der Waals surface area contributed by atoms with Crippen LogP contribution in [-0.2, 0) is 6.54 Å². The summed E-state index contributed by atoms with van der Waals surface area (Å²) < 4.78 is 0. The van der Waals surface area contributed by atoms with Crippen molar-refractivity contribution in [3.8, 4) is 0 Å². The standard InChI is InChI=1S/C18H30N4O.HI/c1-5-11-20-17(23)16-10-8-9-15(12-16)13-21-18(19-7-3)22-14(4)6-2;/h8-10,12,14H,5-7,11,13H2,1-4H3,(H,20,23)(H2,19,21,22);1H. The molecule has 1 amide bonds. The van der Waals surface area contributed by atoms with Crippen molar-refractivity contribution in [1.29, 1.82) is 0 Å². The molecule has 0 aromatic heterocycles. The van der Waals surface area contributed by atoms with Crippen molar-refractivity contribution >= 4 is 35.8 Å². The Bertz CT molecular complexity index is 519. The minimum Gasteiger partial charge on any atom is -0.357 e. The Morgan fingerprint density at radius 3 is 2.58 bits per heavy atom. The molecule has 0 aliphatic rings. The first-order chi connectivity index (χ1) is 11.1. The second kappa shape index (κ2) is 13.0. The Morgan fingerprint density at radius 2 is 1.96 bits per heavy atom. The summed E-state index contributed by atoms with van der Waals surface area (Å²) in [5.41, 5.74) is 1.71. The monoisotopic (exact) mass is 446 g/mol. The van der Waals surface area contributed by atoms with Crippen molar-refractivity contribution in [2.75, 3.05) is 13.1 Å². The second-order valence-corrected chi connectivity index (χ2v) is 5.61. The van der Waals surface area contributed by atoms with Gasteiger partial charge in [0.05, 0.1) is 6.54 Å². The number of guanidine groups is 1. The van der Waals surface area contributed by atoms with Crippen molar-refractivity contribution < 1.29 is 4.79 Å². The molecule has 24 heavy (non-hydrogen) atoms. The van der Waals surface area contributed by atoms with Gasteiger partial charge in [0.1, 0.15) is 0 Å². The maximum absolute atomic E-state index is 12.0. The highest BCUT2D eigenvalue weighted by Gasteiger charge is 2.06. The summed E-state index contributed by atoms with van der Waals surface area (Å²) >= 11 is 0. The lowest BCUT2D eigenvalue weighted by molar-refractivity contribution is 0.0953. The highest BCUT2D eigenvalue weighted by Crippen LogP contribution is 2.07. The Labute approximate surface area is 163 Å². The zero-order chi connectivity index (χ0) is 17.1. The van der Waals surface area contributed by atoms with E-state index in [-0.39, 0.29) is 29.9 Å². The molecular weight excluding hydrogens is 415 g/mol. The SMILES string of the molecule is CCCNC(=O)c1cccc(CN=C(NCC)NC(C)CC)c1.I. The summed E-state index contributed by atoms with van der Waals surface area (Å²) in [5.74, 6) is 0.782. The van der Waals surface area contributed by atoms with Crippen LogP contribution in [0.2, 0.25) is 0 Å². The lowest BCUT2D eigenvalue weighted by Crippen LogP contribution is -2.41. The van der Waals surface area contributed by atoms with Crippen LogP contribution in [0.5, 0.6) is 0 Å². The van der Waals surface area contributed by atoms with Crippen LogP contribution >= 0.6 is 24.0 Å². The van der Waals surface area contributed by atoms with Gasteiger partial charge in [0, 0.05) is 24.7 Å². The number of nitrogens with one attached hydrogen (secondary N) is 3. The van der Waals surface area contributed by atoms with Gasteiger partial charge in [-0.25, -0.2) is 4.99 Å². The quantitative estimate of drug-likeness (QED) is 0.326. The molecule has 0 saturated heterocycles. The molecule has 0 fully saturated rings. The predicted octanol–water partition coefficient (Wildman–Crippen LogP) is 3.30. The Kier molecular flexibility index (Phi) is 12.3. The fourth-order valence-electron chi connectivity index (χ4n) is 1.98. The third-order valence-electron chi connectivity index (χ3n) is 3.48. The van der Waals surface area contributed by atoms with Crippen molar-refractivity contribution in [3.63, 3.8) is 0 Å². The van der Waals surface area contributed by atoms with E-state index in [1.54, 1.807) is 0 Å². The summed E-state index contributed by atoms with van der Waals surface area (Å²) in [5, 5.41) is 9.50. The molecule has 1 unspecified atom stereocenters. The van der Waals surface area contributed by atoms with Crippen molar-refractivity contribution in [3.05, 3.63) is 35.4 Å². The average Bonchev–Trinajstić information content (AvgIpc) is 2.57. The molecule has 3 N–H and O–H groups in total. The highest BCUT2D eigenvalue weighted by molar-refractivity contribution is 14.0. The number of amides is 1. The van der Waals surface area contributed by atoms with E-state index in [1.807, 2.05) is 38.1 Å². The first-order valence-corrected chi connectivity index (χ1v) is 8.52. The molecule has 5 nitrogen and oxygen atoms in total. The molecule has 1 aromatic carbocycles. The minimum atomic E-state index is -0.0256. The topological polar surface area (TPSA) is 65.5 Å². The minimum absolute atomic E-state index is 0. The van der Waals surface area contributed by atoms with Gasteiger partial charge in [-0.3, -0.25) is 4.79 Å². The number of aliphatic imine (C=N–C) groups is 1. The molecule has 1 atom stereocenters. The zero-order valence-electron chi connectivity index (χ0n) is 15.2. The highest BCUT2D eigenvalue weighted by atomic mass is 127. The summed E-state index contributed by atoms with van der Waals surface area (Å²) in [6.45, 7) is 10.4. The van der Waals surface area contributed by atoms with E-state index in [1.165, 1.54) is 0 Å². The number of hydrogen-bond acceptors (Lipinski definition) is 2. The third-order valence-corrected chi connectivity index (χ3v) is 3.48. The van der Waals surface area contributed by atoms with Gasteiger partial charge in [-0.1, -0.05) is 26.0 Å². The maximum atomic E-state index is 12.0. The summed E-state index contributed by atoms with van der Waals surface area (Å²) in [6, 6.07) is 8.01. The Morgan fingerprint density at radius 1 is 1.21 bits per heavy atom. The van der Waals surface area contributed by atoms with Crippen LogP contribution in [0, 0.1) is 0 Å². The summed E-state index contributed by atoms with van der Waals surface area (Å²) in [6.07, 6.45) is 1.97. The van der Waals surface area contributed by atoms with Gasteiger partial charge in [-0.15, -0.1) is 24.0 Å². The van der Waals surface area contributed by atoms with Crippen molar-refractivity contribution in [2.24, 2.45) is 4.99 Å². The number of halogens is 1. The summed E-state index contributed by atoms with van der Waals surface area (Å²) in [4.78, 5) is 16.6. The van der Waals surface area contributed by atoms with Gasteiger partial charge in [-0.2, -0.15) is 0 Å². The van der Waals surface area contributed by atoms with Gasteiger partial charge >= 0.3 is 0 Å². The van der Waals surface area contributed by atoms with E-state index in [9.17, 15) is 4.79 Å². The lowest BCUT2D eigenvalue weighted by atomic mass is 10.1. The van der Waals surface area contributed by atoms with Crippen LogP contribution in [0.3, 0.4) is 0 Å². The number of carbonyl (C=O) groups is 1. The predicted molar refractivity (Wildman–Crippen MR) is 112 cm³/mol. The average molecular weight is 446 g/mol. The molecule has 136 valence electrons. The maximum Gasteiger partial charge on any atom is 0.251 e. The second-order valence-electron chi connectivity index (χ2n) is 5.61. The van der Waals surface area contributed by atoms with Crippen LogP contribution in [0.1, 0.15) is 56.5 Å². The van der Waals surface area contributed by atoms with Crippen LogP contribution in [-0.4, -0.2) is 31.0 Å². The number of benzene rings is 1. The molecule has 1 rings (SSSR count). The number of rotatable bonds is 8. The number of hydrogen-bond donors (Lipinski definition) is 3. The fraction of sp³-hybridized carbons (Fsp3) is 0.556. The lowest BCUT2D eigenvalue weighted by Gasteiger charge is -2.16. The largest absolute Gasteiger partial charge is 0.357 e. The van der Waals surface area contributed by atoms with Crippen LogP contribution in [0.4, 0.5) is 0 Å². The van der Waals surface area contributed by atoms with Crippen LogP contribution in [0.15, 0.2) is 29.3 Å². The normalized spacial score (nSPS) is 12.1. The molecule has 0 heterocycles. The van der Waals surface area contributed by atoms with Gasteiger partial charge < -0.3 is 16.0 Å².